The standard InChI is InChI=1S/C14H18ClN5/c1-4-10-16-11(5-2)20(19-10)14-8(3)12(15)17-13(18-14)9-6-7-9/h9H,4-7H2,1-3H3. The van der Waals surface area contributed by atoms with E-state index in [1.165, 1.54) is 0 Å². The summed E-state index contributed by atoms with van der Waals surface area (Å²) in [7, 11) is 0. The van der Waals surface area contributed by atoms with Gasteiger partial charge in [-0.25, -0.2) is 15.0 Å². The van der Waals surface area contributed by atoms with Gasteiger partial charge in [-0.05, 0) is 19.8 Å². The van der Waals surface area contributed by atoms with E-state index in [9.17, 15) is 0 Å². The highest BCUT2D eigenvalue weighted by Crippen LogP contribution is 2.39. The number of aromatic nitrogens is 5. The van der Waals surface area contributed by atoms with Gasteiger partial charge in [0.15, 0.2) is 11.6 Å². The van der Waals surface area contributed by atoms with E-state index >= 15 is 0 Å². The average Bonchev–Trinajstić information content (AvgIpc) is 3.21. The second kappa shape index (κ2) is 5.13. The quantitative estimate of drug-likeness (QED) is 0.813. The molecule has 1 saturated carbocycles. The Kier molecular flexibility index (Phi) is 3.46. The first kappa shape index (κ1) is 13.5. The number of hydrogen-bond donors (Lipinski definition) is 0. The summed E-state index contributed by atoms with van der Waals surface area (Å²) in [6.07, 6.45) is 3.92. The van der Waals surface area contributed by atoms with Crippen molar-refractivity contribution in [2.75, 3.05) is 0 Å². The smallest absolute Gasteiger partial charge is 0.163 e. The molecular weight excluding hydrogens is 274 g/mol. The van der Waals surface area contributed by atoms with Crippen LogP contribution in [0.2, 0.25) is 5.15 Å². The predicted octanol–water partition coefficient (Wildman–Crippen LogP) is 3.02. The molecule has 0 aromatic carbocycles. The molecule has 0 aliphatic heterocycles. The van der Waals surface area contributed by atoms with Gasteiger partial charge in [0, 0.05) is 24.3 Å². The summed E-state index contributed by atoms with van der Waals surface area (Å²) < 4.78 is 1.83. The van der Waals surface area contributed by atoms with Crippen LogP contribution in [0, 0.1) is 6.92 Å². The minimum absolute atomic E-state index is 0.464. The monoisotopic (exact) mass is 291 g/mol. The van der Waals surface area contributed by atoms with Crippen LogP contribution >= 0.6 is 11.6 Å². The zero-order valence-electron chi connectivity index (χ0n) is 12.0. The van der Waals surface area contributed by atoms with Crippen LogP contribution in [-0.4, -0.2) is 24.7 Å². The summed E-state index contributed by atoms with van der Waals surface area (Å²) in [5.41, 5.74) is 0.860. The van der Waals surface area contributed by atoms with Crippen molar-refractivity contribution in [1.29, 1.82) is 0 Å². The zero-order valence-corrected chi connectivity index (χ0v) is 12.8. The fraction of sp³-hybridized carbons (Fsp3) is 0.571. The fourth-order valence-electron chi connectivity index (χ4n) is 2.16. The molecule has 0 atom stereocenters. The minimum atomic E-state index is 0.464. The van der Waals surface area contributed by atoms with Gasteiger partial charge in [0.2, 0.25) is 0 Å². The van der Waals surface area contributed by atoms with Crippen LogP contribution in [0.4, 0.5) is 0 Å². The number of aryl methyl sites for hydroxylation is 2. The zero-order chi connectivity index (χ0) is 14.3. The highest BCUT2D eigenvalue weighted by molar-refractivity contribution is 6.30. The molecule has 1 aliphatic rings. The van der Waals surface area contributed by atoms with Crippen molar-refractivity contribution >= 4 is 11.6 Å². The summed E-state index contributed by atoms with van der Waals surface area (Å²) >= 11 is 6.26. The van der Waals surface area contributed by atoms with Gasteiger partial charge < -0.3 is 0 Å². The second-order valence-corrected chi connectivity index (χ2v) is 5.52. The summed E-state index contributed by atoms with van der Waals surface area (Å²) in [6, 6.07) is 0. The van der Waals surface area contributed by atoms with Crippen LogP contribution in [0.15, 0.2) is 0 Å². The molecule has 2 heterocycles. The molecule has 1 fully saturated rings. The summed E-state index contributed by atoms with van der Waals surface area (Å²) in [5.74, 6) is 3.83. The van der Waals surface area contributed by atoms with Crippen molar-refractivity contribution in [3.63, 3.8) is 0 Å². The van der Waals surface area contributed by atoms with Crippen molar-refractivity contribution in [2.45, 2.75) is 52.4 Å². The highest BCUT2D eigenvalue weighted by atomic mass is 35.5. The van der Waals surface area contributed by atoms with Crippen molar-refractivity contribution < 1.29 is 0 Å². The van der Waals surface area contributed by atoms with Crippen LogP contribution in [0.3, 0.4) is 0 Å². The lowest BCUT2D eigenvalue weighted by Gasteiger charge is -2.10. The summed E-state index contributed by atoms with van der Waals surface area (Å²) in [4.78, 5) is 13.6. The third-order valence-electron chi connectivity index (χ3n) is 3.57. The number of rotatable bonds is 4. The van der Waals surface area contributed by atoms with E-state index in [1.807, 2.05) is 11.6 Å². The first-order valence-electron chi connectivity index (χ1n) is 7.13. The molecule has 0 spiro atoms. The van der Waals surface area contributed by atoms with Crippen LogP contribution in [0.5, 0.6) is 0 Å². The van der Waals surface area contributed by atoms with E-state index < -0.39 is 0 Å². The Morgan fingerprint density at radius 1 is 1.15 bits per heavy atom. The molecule has 1 aliphatic carbocycles. The molecule has 3 rings (SSSR count). The van der Waals surface area contributed by atoms with E-state index in [0.29, 0.717) is 11.1 Å². The van der Waals surface area contributed by atoms with Gasteiger partial charge in [-0.1, -0.05) is 25.4 Å². The minimum Gasteiger partial charge on any atom is -0.220 e. The van der Waals surface area contributed by atoms with Crippen molar-refractivity contribution in [3.8, 4) is 5.82 Å². The van der Waals surface area contributed by atoms with Crippen molar-refractivity contribution in [3.05, 3.63) is 28.2 Å². The van der Waals surface area contributed by atoms with Crippen LogP contribution < -0.4 is 0 Å². The van der Waals surface area contributed by atoms with Crippen molar-refractivity contribution in [1.82, 2.24) is 24.7 Å². The Balaban J connectivity index is 2.15. The topological polar surface area (TPSA) is 56.5 Å². The molecule has 2 aromatic heterocycles. The Labute approximate surface area is 123 Å². The van der Waals surface area contributed by atoms with Gasteiger partial charge in [-0.3, -0.25) is 0 Å². The Morgan fingerprint density at radius 3 is 2.50 bits per heavy atom. The predicted molar refractivity (Wildman–Crippen MR) is 77.4 cm³/mol. The van der Waals surface area contributed by atoms with Crippen LogP contribution in [-0.2, 0) is 12.8 Å². The van der Waals surface area contributed by atoms with E-state index in [-0.39, 0.29) is 0 Å². The third kappa shape index (κ3) is 2.30. The van der Waals surface area contributed by atoms with E-state index in [1.54, 1.807) is 0 Å². The van der Waals surface area contributed by atoms with Gasteiger partial charge in [0.05, 0.1) is 0 Å². The number of halogens is 1. The molecule has 0 radical (unpaired) electrons. The summed E-state index contributed by atoms with van der Waals surface area (Å²) in [6.45, 7) is 6.05. The highest BCUT2D eigenvalue weighted by Gasteiger charge is 2.28. The Bertz CT molecular complexity index is 645. The first-order valence-corrected chi connectivity index (χ1v) is 7.51. The molecule has 0 saturated heterocycles. The largest absolute Gasteiger partial charge is 0.220 e. The van der Waals surface area contributed by atoms with Crippen molar-refractivity contribution in [2.24, 2.45) is 0 Å². The van der Waals surface area contributed by atoms with Gasteiger partial charge in [0.25, 0.3) is 0 Å². The fourth-order valence-corrected chi connectivity index (χ4v) is 2.34. The molecule has 0 unspecified atom stereocenters. The lowest BCUT2D eigenvalue weighted by molar-refractivity contribution is 0.745. The molecule has 20 heavy (non-hydrogen) atoms. The first-order chi connectivity index (χ1) is 9.63. The average molecular weight is 292 g/mol. The molecule has 0 amide bonds. The molecule has 5 nitrogen and oxygen atoms in total. The molecule has 0 bridgehead atoms. The molecule has 106 valence electrons. The van der Waals surface area contributed by atoms with Crippen LogP contribution in [0.1, 0.15) is 55.6 Å². The lowest BCUT2D eigenvalue weighted by atomic mass is 10.3. The maximum Gasteiger partial charge on any atom is 0.163 e. The van der Waals surface area contributed by atoms with Gasteiger partial charge in [-0.2, -0.15) is 4.68 Å². The van der Waals surface area contributed by atoms with Gasteiger partial charge in [-0.15, -0.1) is 5.10 Å². The third-order valence-corrected chi connectivity index (χ3v) is 3.94. The van der Waals surface area contributed by atoms with Gasteiger partial charge >= 0.3 is 0 Å². The van der Waals surface area contributed by atoms with E-state index in [0.717, 1.165) is 54.5 Å². The van der Waals surface area contributed by atoms with Crippen LogP contribution in [0.25, 0.3) is 5.82 Å². The summed E-state index contributed by atoms with van der Waals surface area (Å²) in [5, 5.41) is 5.07. The SMILES string of the molecule is CCc1nc(CC)n(-c2nc(C3CC3)nc(Cl)c2C)n1. The second-order valence-electron chi connectivity index (χ2n) is 5.16. The van der Waals surface area contributed by atoms with E-state index in [4.69, 9.17) is 11.6 Å². The normalized spacial score (nSPS) is 14.8. The lowest BCUT2D eigenvalue weighted by Crippen LogP contribution is -2.10. The van der Waals surface area contributed by atoms with E-state index in [2.05, 4.69) is 33.9 Å². The molecular formula is C14H18ClN5. The van der Waals surface area contributed by atoms with Gasteiger partial charge in [0.1, 0.15) is 16.8 Å². The number of hydrogen-bond acceptors (Lipinski definition) is 4. The molecule has 2 aromatic rings. The molecule has 0 N–H and O–H groups in total. The maximum absolute atomic E-state index is 6.26. The Morgan fingerprint density at radius 2 is 1.90 bits per heavy atom. The maximum atomic E-state index is 6.26. The molecule has 6 heteroatoms. The number of nitrogens with zero attached hydrogens (tertiary/aromatic N) is 5. The Hall–Kier alpha value is -1.49.